The lowest BCUT2D eigenvalue weighted by Gasteiger charge is -2.25. The van der Waals surface area contributed by atoms with Gasteiger partial charge in [-0.1, -0.05) is 36.5 Å². The van der Waals surface area contributed by atoms with Crippen molar-refractivity contribution < 1.29 is 23.9 Å². The van der Waals surface area contributed by atoms with Crippen LogP contribution in [0.15, 0.2) is 24.3 Å². The van der Waals surface area contributed by atoms with Gasteiger partial charge in [0.25, 0.3) is 0 Å². The molecule has 7 nitrogen and oxygen atoms in total. The summed E-state index contributed by atoms with van der Waals surface area (Å²) in [7, 11) is 0. The number of esters is 2. The third-order valence-corrected chi connectivity index (χ3v) is 6.64. The Morgan fingerprint density at radius 1 is 0.971 bits per heavy atom. The number of nitrogens with one attached hydrogen (secondary N) is 1. The minimum atomic E-state index is -1.67. The van der Waals surface area contributed by atoms with Crippen molar-refractivity contribution in [3.05, 3.63) is 33.4 Å². The Balaban J connectivity index is 2.13. The van der Waals surface area contributed by atoms with Gasteiger partial charge in [0.05, 0.1) is 26.2 Å². The van der Waals surface area contributed by atoms with Crippen molar-refractivity contribution in [2.45, 2.75) is 52.4 Å². The second-order valence-electron chi connectivity index (χ2n) is 8.19. The topological polar surface area (TPSA) is 84.9 Å². The van der Waals surface area contributed by atoms with Gasteiger partial charge in [-0.3, -0.25) is 24.6 Å². The molecule has 1 N–H and O–H groups in total. The van der Waals surface area contributed by atoms with Crippen LogP contribution in [0.2, 0.25) is 0 Å². The van der Waals surface area contributed by atoms with Crippen molar-refractivity contribution >= 4 is 40.4 Å². The van der Waals surface area contributed by atoms with Crippen LogP contribution in [0.25, 0.3) is 0 Å². The summed E-state index contributed by atoms with van der Waals surface area (Å²) in [5.74, 6) is 7.13. The van der Waals surface area contributed by atoms with E-state index in [0.29, 0.717) is 6.54 Å². The van der Waals surface area contributed by atoms with E-state index < -0.39 is 17.4 Å². The van der Waals surface area contributed by atoms with E-state index in [9.17, 15) is 14.4 Å². The quantitative estimate of drug-likeness (QED) is 0.156. The number of carbonyl (C=O) groups excluding carboxylic acids is 3. The predicted molar refractivity (Wildman–Crippen MR) is 142 cm³/mol. The van der Waals surface area contributed by atoms with Crippen LogP contribution in [0.3, 0.4) is 0 Å². The van der Waals surface area contributed by atoms with Gasteiger partial charge in [0.1, 0.15) is 0 Å². The number of benzene rings is 1. The Morgan fingerprint density at radius 3 is 2.23 bits per heavy atom. The Labute approximate surface area is 221 Å². The second kappa shape index (κ2) is 15.4. The van der Waals surface area contributed by atoms with E-state index >= 15 is 0 Å². The first kappa shape index (κ1) is 28.7. The van der Waals surface area contributed by atoms with Crippen LogP contribution in [-0.4, -0.2) is 55.6 Å². The summed E-state index contributed by atoms with van der Waals surface area (Å²) in [4.78, 5) is 40.4. The average molecular weight is 592 g/mol. The molecular formula is C27H33IN2O5. The Hall–Kier alpha value is -2.56. The summed E-state index contributed by atoms with van der Waals surface area (Å²) in [6.45, 7) is 6.16. The molecule has 35 heavy (non-hydrogen) atoms. The van der Waals surface area contributed by atoms with Crippen LogP contribution in [0.4, 0.5) is 0 Å². The lowest BCUT2D eigenvalue weighted by Crippen LogP contribution is -2.42. The predicted octanol–water partition coefficient (Wildman–Crippen LogP) is 3.29. The molecule has 0 bridgehead atoms. The first-order chi connectivity index (χ1) is 16.9. The van der Waals surface area contributed by atoms with Crippen LogP contribution in [-0.2, 0) is 30.3 Å². The fourth-order valence-corrected chi connectivity index (χ4v) is 4.22. The first-order valence-corrected chi connectivity index (χ1v) is 13.0. The molecule has 1 saturated heterocycles. The SMILES string of the molecule is CCOC(=O)C(CC#CCN1CCCCC1)(CC#CNC(=O)Cc1ccccc1I)C(=O)OCC. The minimum absolute atomic E-state index is 0.0661. The molecule has 1 aliphatic heterocycles. The molecule has 0 unspecified atom stereocenters. The van der Waals surface area contributed by atoms with Gasteiger partial charge in [0.2, 0.25) is 5.91 Å². The van der Waals surface area contributed by atoms with Crippen molar-refractivity contribution in [2.24, 2.45) is 5.41 Å². The van der Waals surface area contributed by atoms with Crippen molar-refractivity contribution in [3.8, 4) is 23.8 Å². The van der Waals surface area contributed by atoms with Gasteiger partial charge in [-0.25, -0.2) is 0 Å². The fourth-order valence-electron chi connectivity index (χ4n) is 3.64. The van der Waals surface area contributed by atoms with Crippen LogP contribution in [0.5, 0.6) is 0 Å². The van der Waals surface area contributed by atoms with Crippen molar-refractivity contribution in [3.63, 3.8) is 0 Å². The van der Waals surface area contributed by atoms with E-state index in [1.807, 2.05) is 24.3 Å². The highest BCUT2D eigenvalue weighted by molar-refractivity contribution is 14.1. The maximum Gasteiger partial charge on any atom is 0.325 e. The van der Waals surface area contributed by atoms with E-state index in [1.165, 1.54) is 6.42 Å². The average Bonchev–Trinajstić information content (AvgIpc) is 2.85. The van der Waals surface area contributed by atoms with E-state index in [0.717, 1.165) is 35.1 Å². The zero-order valence-corrected chi connectivity index (χ0v) is 22.6. The normalized spacial score (nSPS) is 13.5. The summed E-state index contributed by atoms with van der Waals surface area (Å²) < 4.78 is 11.4. The number of nitrogens with zero attached hydrogens (tertiary/aromatic N) is 1. The van der Waals surface area contributed by atoms with Crippen molar-refractivity contribution in [1.29, 1.82) is 0 Å². The zero-order valence-electron chi connectivity index (χ0n) is 20.5. The smallest absolute Gasteiger partial charge is 0.325 e. The monoisotopic (exact) mass is 592 g/mol. The molecule has 0 aliphatic carbocycles. The number of ether oxygens (including phenoxy) is 2. The third-order valence-electron chi connectivity index (χ3n) is 5.59. The number of hydrogen-bond donors (Lipinski definition) is 1. The van der Waals surface area contributed by atoms with Crippen LogP contribution in [0, 0.1) is 32.8 Å². The molecular weight excluding hydrogens is 559 g/mol. The Kier molecular flexibility index (Phi) is 12.6. The maximum atomic E-state index is 12.9. The Bertz CT molecular complexity index is 978. The fraction of sp³-hybridized carbons (Fsp3) is 0.519. The molecule has 0 atom stereocenters. The molecule has 1 fully saturated rings. The minimum Gasteiger partial charge on any atom is -0.465 e. The van der Waals surface area contributed by atoms with E-state index in [4.69, 9.17) is 9.47 Å². The molecule has 1 amide bonds. The number of rotatable bonds is 9. The van der Waals surface area contributed by atoms with E-state index in [1.54, 1.807) is 13.8 Å². The number of carbonyl (C=O) groups is 3. The number of amides is 1. The number of piperidine rings is 1. The van der Waals surface area contributed by atoms with Gasteiger partial charge >= 0.3 is 11.9 Å². The molecule has 1 aliphatic rings. The summed E-state index contributed by atoms with van der Waals surface area (Å²) >= 11 is 2.17. The first-order valence-electron chi connectivity index (χ1n) is 12.0. The number of likely N-dealkylation sites (tertiary alicyclic amines) is 1. The van der Waals surface area contributed by atoms with Crippen LogP contribution >= 0.6 is 22.6 Å². The van der Waals surface area contributed by atoms with Crippen LogP contribution < -0.4 is 5.32 Å². The molecule has 1 heterocycles. The molecule has 0 radical (unpaired) electrons. The zero-order chi connectivity index (χ0) is 25.5. The van der Waals surface area contributed by atoms with Crippen molar-refractivity contribution in [2.75, 3.05) is 32.8 Å². The highest BCUT2D eigenvalue weighted by Crippen LogP contribution is 2.30. The van der Waals surface area contributed by atoms with E-state index in [2.05, 4.69) is 56.6 Å². The standard InChI is InChI=1S/C27H33IN2O5/c1-3-34-25(32)27(26(33)35-4-2,15-8-11-20-30-18-9-5-10-19-30)16-12-17-29-24(31)21-22-13-6-7-14-23(22)28/h6-7,13-14H,3-5,9-10,15-16,18-21H2,1-2H3,(H,29,31). The molecule has 8 heteroatoms. The molecule has 1 aromatic carbocycles. The van der Waals surface area contributed by atoms with Gasteiger partial charge < -0.3 is 9.47 Å². The Morgan fingerprint density at radius 2 is 1.60 bits per heavy atom. The lowest BCUT2D eigenvalue weighted by atomic mass is 9.81. The summed E-state index contributed by atoms with van der Waals surface area (Å²) in [6, 6.07) is 10.2. The molecule has 0 spiro atoms. The third kappa shape index (κ3) is 9.19. The number of halogens is 1. The van der Waals surface area contributed by atoms with Gasteiger partial charge in [0, 0.05) is 22.5 Å². The van der Waals surface area contributed by atoms with Gasteiger partial charge in [-0.2, -0.15) is 0 Å². The molecule has 2 rings (SSSR count). The molecule has 188 valence electrons. The second-order valence-corrected chi connectivity index (χ2v) is 9.35. The highest BCUT2D eigenvalue weighted by Gasteiger charge is 2.48. The summed E-state index contributed by atoms with van der Waals surface area (Å²) in [6.07, 6.45) is 3.48. The lowest BCUT2D eigenvalue weighted by molar-refractivity contribution is -0.171. The van der Waals surface area contributed by atoms with E-state index in [-0.39, 0.29) is 38.4 Å². The van der Waals surface area contributed by atoms with Gasteiger partial charge in [0.15, 0.2) is 5.41 Å². The molecule has 0 saturated carbocycles. The number of hydrogen-bond acceptors (Lipinski definition) is 6. The maximum absolute atomic E-state index is 12.9. The molecule has 1 aromatic rings. The van der Waals surface area contributed by atoms with Crippen molar-refractivity contribution in [1.82, 2.24) is 10.2 Å². The summed E-state index contributed by atoms with van der Waals surface area (Å²) in [5, 5.41) is 2.53. The summed E-state index contributed by atoms with van der Waals surface area (Å²) in [5.41, 5.74) is -0.781. The molecule has 0 aromatic heterocycles. The highest BCUT2D eigenvalue weighted by atomic mass is 127. The van der Waals surface area contributed by atoms with Gasteiger partial charge in [-0.15, -0.1) is 5.92 Å². The van der Waals surface area contributed by atoms with Gasteiger partial charge in [-0.05, 0) is 74.0 Å². The van der Waals surface area contributed by atoms with Crippen LogP contribution in [0.1, 0.15) is 51.5 Å². The largest absolute Gasteiger partial charge is 0.465 e.